The van der Waals surface area contributed by atoms with Crippen LogP contribution in [0.15, 0.2) is 17.3 Å². The molecule has 1 aliphatic rings. The molecule has 1 aliphatic heterocycles. The van der Waals surface area contributed by atoms with Gasteiger partial charge in [0, 0.05) is 0 Å². The number of hydrogen-bond acceptors (Lipinski definition) is 7. The molecule has 0 radical (unpaired) electrons. The quantitative estimate of drug-likeness (QED) is 0.557. The summed E-state index contributed by atoms with van der Waals surface area (Å²) < 4.78 is 17.9. The van der Waals surface area contributed by atoms with Gasteiger partial charge >= 0.3 is 0 Å². The van der Waals surface area contributed by atoms with Crippen molar-refractivity contribution in [1.82, 2.24) is 19.7 Å². The van der Waals surface area contributed by atoms with E-state index in [9.17, 15) is 9.90 Å². The van der Waals surface area contributed by atoms with Crippen LogP contribution >= 0.6 is 0 Å². The van der Waals surface area contributed by atoms with Crippen LogP contribution in [0.1, 0.15) is 6.23 Å². The number of aromatic nitrogens is 4. The Hall–Kier alpha value is -1.38. The summed E-state index contributed by atoms with van der Waals surface area (Å²) in [6.07, 6.45) is 0.234. The van der Waals surface area contributed by atoms with Crippen molar-refractivity contribution in [2.75, 3.05) is 6.61 Å². The number of aliphatic hydroxyl groups is 1. The lowest BCUT2D eigenvalue weighted by atomic mass is 10.1. The van der Waals surface area contributed by atoms with Gasteiger partial charge in [-0.15, -0.1) is 0 Å². The summed E-state index contributed by atoms with van der Waals surface area (Å²) in [5.41, 5.74) is 0.0798. The van der Waals surface area contributed by atoms with Gasteiger partial charge in [-0.1, -0.05) is 0 Å². The molecule has 2 aromatic rings. The topological polar surface area (TPSA) is 111 Å². The fraction of sp³-hybridized carbons (Fsp3) is 0.500. The van der Waals surface area contributed by atoms with Gasteiger partial charge in [0.15, 0.2) is 11.9 Å². The van der Waals surface area contributed by atoms with E-state index in [1.807, 2.05) is 0 Å². The van der Waals surface area contributed by atoms with Gasteiger partial charge in [-0.3, -0.25) is 4.79 Å². The predicted octanol–water partition coefficient (Wildman–Crippen LogP) is -3.66. The molecule has 0 saturated carbocycles. The Kier molecular flexibility index (Phi) is 4.01. The molecule has 3 rings (SSSR count). The maximum Gasteiger partial charge on any atom is 0.261 e. The number of nitrogens with one attached hydrogen (secondary N) is 1. The Morgan fingerprint density at radius 2 is 2.33 bits per heavy atom. The summed E-state index contributed by atoms with van der Waals surface area (Å²) in [7, 11) is 1.05. The third kappa shape index (κ3) is 2.37. The molecule has 0 amide bonds. The molecule has 21 heavy (non-hydrogen) atoms. The van der Waals surface area contributed by atoms with E-state index in [-0.39, 0.29) is 11.7 Å². The van der Waals surface area contributed by atoms with Gasteiger partial charge in [-0.2, -0.15) is 5.10 Å². The first-order valence-electron chi connectivity index (χ1n) is 6.43. The van der Waals surface area contributed by atoms with Gasteiger partial charge in [0.1, 0.15) is 44.7 Å². The number of fused-ring (bicyclic) bond motifs is 1. The highest BCUT2D eigenvalue weighted by Gasteiger charge is 2.45. The maximum absolute atomic E-state index is 11.7. The molecule has 0 aliphatic carbocycles. The molecular weight excluding hydrogens is 312 g/mol. The molecule has 1 saturated heterocycles. The summed E-state index contributed by atoms with van der Waals surface area (Å²) in [6.45, 7) is 0.361. The van der Waals surface area contributed by atoms with Gasteiger partial charge < -0.3 is 23.7 Å². The average Bonchev–Trinajstić information content (AvgIpc) is 3.02. The van der Waals surface area contributed by atoms with E-state index >= 15 is 0 Å². The second-order valence-corrected chi connectivity index (χ2v) is 5.82. The lowest BCUT2D eigenvalue weighted by Crippen LogP contribution is -2.36. The third-order valence-electron chi connectivity index (χ3n) is 3.55. The average molecular weight is 328 g/mol. The molecule has 11 heteroatoms. The highest BCUT2D eigenvalue weighted by molar-refractivity contribution is 5.98. The van der Waals surface area contributed by atoms with Crippen LogP contribution in [0, 0.1) is 0 Å². The summed E-state index contributed by atoms with van der Waals surface area (Å²) in [6, 6.07) is 0. The number of hydrogen-bond donors (Lipinski definition) is 2. The number of nitrogens with zero attached hydrogens (tertiary/aromatic N) is 3. The van der Waals surface area contributed by atoms with E-state index in [2.05, 4.69) is 15.1 Å². The van der Waals surface area contributed by atoms with E-state index in [0.717, 1.165) is 0 Å². The molecule has 1 fully saturated rings. The van der Waals surface area contributed by atoms with E-state index < -0.39 is 18.4 Å². The summed E-state index contributed by atoms with van der Waals surface area (Å²) in [5.74, 6) is 0. The minimum Gasteiger partial charge on any atom is -0.425 e. The fourth-order valence-electron chi connectivity index (χ4n) is 2.57. The van der Waals surface area contributed by atoms with Crippen LogP contribution in [0.4, 0.5) is 0 Å². The third-order valence-corrected chi connectivity index (χ3v) is 4.43. The molecule has 9 nitrogen and oxygen atoms in total. The Balaban J connectivity index is 1.99. The highest BCUT2D eigenvalue weighted by atomic mass is 28.2. The molecule has 3 heterocycles. The summed E-state index contributed by atoms with van der Waals surface area (Å²) in [4.78, 5) is 18.3. The Bertz CT molecular complexity index is 691. The van der Waals surface area contributed by atoms with Crippen molar-refractivity contribution in [2.45, 2.75) is 24.5 Å². The first-order chi connectivity index (χ1) is 10.2. The molecule has 114 valence electrons. The predicted molar refractivity (Wildman–Crippen MR) is 78.8 cm³/mol. The number of aliphatic hydroxyl groups excluding tert-OH is 1. The SMILES string of the molecule is O=c1[nH]cnc2c1cnn2[C@@H]1O[C@H](CO[SiH3])[C@@H](O[SiH3])[C@H]1O. The molecule has 0 spiro atoms. The number of aromatic amines is 1. The summed E-state index contributed by atoms with van der Waals surface area (Å²) >= 11 is 0. The van der Waals surface area contributed by atoms with Crippen molar-refractivity contribution in [1.29, 1.82) is 0 Å². The van der Waals surface area contributed by atoms with Crippen molar-refractivity contribution in [3.63, 3.8) is 0 Å². The Morgan fingerprint density at radius 3 is 3.05 bits per heavy atom. The first kappa shape index (κ1) is 14.6. The van der Waals surface area contributed by atoms with E-state index in [1.165, 1.54) is 17.2 Å². The monoisotopic (exact) mass is 328 g/mol. The van der Waals surface area contributed by atoms with Crippen LogP contribution in [0.5, 0.6) is 0 Å². The smallest absolute Gasteiger partial charge is 0.261 e. The largest absolute Gasteiger partial charge is 0.425 e. The molecule has 0 unspecified atom stereocenters. The lowest BCUT2D eigenvalue weighted by Gasteiger charge is -2.18. The van der Waals surface area contributed by atoms with Crippen LogP contribution < -0.4 is 5.56 Å². The Morgan fingerprint density at radius 1 is 1.52 bits per heavy atom. The summed E-state index contributed by atoms with van der Waals surface area (Å²) in [5, 5.41) is 14.9. The van der Waals surface area contributed by atoms with Crippen LogP contribution in [0.3, 0.4) is 0 Å². The second kappa shape index (κ2) is 5.78. The van der Waals surface area contributed by atoms with Crippen molar-refractivity contribution in [3.8, 4) is 0 Å². The van der Waals surface area contributed by atoms with E-state index in [4.69, 9.17) is 13.6 Å². The first-order valence-corrected chi connectivity index (χ1v) is 8.07. The van der Waals surface area contributed by atoms with Crippen molar-refractivity contribution in [2.24, 2.45) is 0 Å². The molecule has 4 atom stereocenters. The molecule has 2 aromatic heterocycles. The maximum atomic E-state index is 11.7. The standard InChI is InChI=1S/C10H16N4O5Si2/c15-6-7(19-21)5(2-17-20)18-10(6)14-8-4(1-13-14)9(16)12-3-11-8/h1,3,5-7,10,15H,2H2,20-21H3,(H,11,12,16)/t5-,6-,7-,10-/m1/s1. The molecular formula is C10H16N4O5Si2. The number of ether oxygens (including phenoxy) is 1. The molecule has 2 N–H and O–H groups in total. The van der Waals surface area contributed by atoms with Crippen molar-refractivity contribution in [3.05, 3.63) is 22.9 Å². The van der Waals surface area contributed by atoms with Gasteiger partial charge in [-0.05, 0) is 0 Å². The fourth-order valence-corrected chi connectivity index (χ4v) is 3.48. The van der Waals surface area contributed by atoms with Gasteiger partial charge in [0.2, 0.25) is 0 Å². The minimum atomic E-state index is -0.895. The van der Waals surface area contributed by atoms with Crippen LogP contribution in [0.2, 0.25) is 0 Å². The lowest BCUT2D eigenvalue weighted by molar-refractivity contribution is -0.0522. The van der Waals surface area contributed by atoms with E-state index in [1.54, 1.807) is 0 Å². The van der Waals surface area contributed by atoms with E-state index in [0.29, 0.717) is 38.6 Å². The number of rotatable bonds is 4. The van der Waals surface area contributed by atoms with Gasteiger partial charge in [-0.25, -0.2) is 9.67 Å². The van der Waals surface area contributed by atoms with Gasteiger partial charge in [0.25, 0.3) is 5.56 Å². The van der Waals surface area contributed by atoms with Crippen molar-refractivity contribution >= 4 is 32.0 Å². The molecule has 0 bridgehead atoms. The zero-order valence-electron chi connectivity index (χ0n) is 11.6. The zero-order valence-corrected chi connectivity index (χ0v) is 15.6. The van der Waals surface area contributed by atoms with Crippen LogP contribution in [-0.4, -0.2) is 70.7 Å². The second-order valence-electron chi connectivity index (χ2n) is 4.77. The molecule has 0 aromatic carbocycles. The van der Waals surface area contributed by atoms with Gasteiger partial charge in [0.05, 0.1) is 19.1 Å². The van der Waals surface area contributed by atoms with Crippen LogP contribution in [0.25, 0.3) is 11.0 Å². The highest BCUT2D eigenvalue weighted by Crippen LogP contribution is 2.31. The number of H-pyrrole nitrogens is 1. The van der Waals surface area contributed by atoms with Crippen molar-refractivity contribution < 1.29 is 18.7 Å². The minimum absolute atomic E-state index is 0.283. The Labute approximate surface area is 125 Å². The normalized spacial score (nSPS) is 29.6. The zero-order chi connectivity index (χ0) is 15.0. The van der Waals surface area contributed by atoms with Crippen LogP contribution in [-0.2, 0) is 13.6 Å².